The van der Waals surface area contributed by atoms with Crippen LogP contribution < -0.4 is 0 Å². The first-order chi connectivity index (χ1) is 28.9. The second kappa shape index (κ2) is 13.7. The van der Waals surface area contributed by atoms with Gasteiger partial charge in [0.2, 0.25) is 0 Å². The number of benzene rings is 10. The summed E-state index contributed by atoms with van der Waals surface area (Å²) in [5.41, 5.74) is 14.8. The number of aromatic nitrogens is 1. The minimum atomic E-state index is -0.000938. The zero-order chi connectivity index (χ0) is 39.7. The molecule has 0 radical (unpaired) electrons. The van der Waals surface area contributed by atoms with E-state index >= 15 is 0 Å². The van der Waals surface area contributed by atoms with Gasteiger partial charge in [-0.05, 0) is 107 Å². The average Bonchev–Trinajstić information content (AvgIpc) is 3.64. The molecule has 0 aliphatic heterocycles. The molecule has 0 atom stereocenters. The van der Waals surface area contributed by atoms with E-state index in [2.05, 4.69) is 232 Å². The van der Waals surface area contributed by atoms with E-state index < -0.39 is 0 Å². The van der Waals surface area contributed by atoms with Crippen LogP contribution in [0.3, 0.4) is 0 Å². The van der Waals surface area contributed by atoms with E-state index in [4.69, 9.17) is 0 Å². The summed E-state index contributed by atoms with van der Waals surface area (Å²) in [5.74, 6) is 0. The van der Waals surface area contributed by atoms with E-state index in [1.54, 1.807) is 0 Å². The maximum atomic E-state index is 2.47. The summed E-state index contributed by atoms with van der Waals surface area (Å²) in [7, 11) is 0. The van der Waals surface area contributed by atoms with E-state index in [9.17, 15) is 0 Å². The fourth-order valence-corrected chi connectivity index (χ4v) is 9.49. The van der Waals surface area contributed by atoms with Crippen LogP contribution in [-0.4, -0.2) is 4.57 Å². The molecule has 0 saturated heterocycles. The van der Waals surface area contributed by atoms with Crippen molar-refractivity contribution < 1.29 is 0 Å². The van der Waals surface area contributed by atoms with Crippen molar-refractivity contribution in [2.45, 2.75) is 26.2 Å². The van der Waals surface area contributed by atoms with Crippen LogP contribution in [0.25, 0.3) is 104 Å². The van der Waals surface area contributed by atoms with Crippen molar-refractivity contribution in [2.24, 2.45) is 0 Å². The van der Waals surface area contributed by atoms with Gasteiger partial charge >= 0.3 is 0 Å². The minimum Gasteiger partial charge on any atom is -0.309 e. The highest BCUT2D eigenvalue weighted by Gasteiger charge is 2.21. The lowest BCUT2D eigenvalue weighted by Gasteiger charge is -2.24. The Bertz CT molecular complexity index is 3360. The zero-order valence-electron chi connectivity index (χ0n) is 33.6. The highest BCUT2D eigenvalue weighted by Crippen LogP contribution is 2.42. The van der Waals surface area contributed by atoms with Crippen LogP contribution in [0.4, 0.5) is 0 Å². The monoisotopic (exact) mass is 753 g/mol. The lowest BCUT2D eigenvalue weighted by molar-refractivity contribution is 0.592. The van der Waals surface area contributed by atoms with Crippen LogP contribution in [0.1, 0.15) is 26.3 Å². The van der Waals surface area contributed by atoms with Crippen molar-refractivity contribution in [1.29, 1.82) is 0 Å². The molecule has 11 aromatic rings. The Morgan fingerprint density at radius 1 is 0.305 bits per heavy atom. The van der Waals surface area contributed by atoms with Gasteiger partial charge in [0.05, 0.1) is 11.0 Å². The van der Waals surface area contributed by atoms with Gasteiger partial charge in [-0.3, -0.25) is 0 Å². The quantitative estimate of drug-likeness (QED) is 0.154. The molecular formula is C58H43N. The highest BCUT2D eigenvalue weighted by atomic mass is 15.0. The van der Waals surface area contributed by atoms with Gasteiger partial charge in [-0.1, -0.05) is 203 Å². The highest BCUT2D eigenvalue weighted by molar-refractivity contribution is 6.25. The van der Waals surface area contributed by atoms with Crippen molar-refractivity contribution in [1.82, 2.24) is 4.57 Å². The number of hydrogen-bond donors (Lipinski definition) is 0. The summed E-state index contributed by atoms with van der Waals surface area (Å²) in [6.45, 7) is 6.92. The molecule has 0 saturated carbocycles. The van der Waals surface area contributed by atoms with Crippen molar-refractivity contribution >= 4 is 54.1 Å². The molecule has 0 fully saturated rings. The lowest BCUT2D eigenvalue weighted by atomic mass is 9.80. The molecule has 0 spiro atoms. The molecule has 280 valence electrons. The lowest BCUT2D eigenvalue weighted by Crippen LogP contribution is -2.13. The molecule has 0 aliphatic carbocycles. The summed E-state index contributed by atoms with van der Waals surface area (Å²) < 4.78 is 2.47. The molecule has 0 aliphatic rings. The molecule has 0 N–H and O–H groups in total. The first kappa shape index (κ1) is 35.0. The second-order valence-corrected chi connectivity index (χ2v) is 16.9. The molecule has 1 heteroatoms. The smallest absolute Gasteiger partial charge is 0.0619 e. The SMILES string of the molecule is CC(C)(C)c1cc(-c2ccc(-c3cccc4c5ccccc5n(-c5cccc(-c6ccc7c8ccccc8c8ccccc8c7c6)c5)c34)cc2)ccc1-c1ccccc1. The van der Waals surface area contributed by atoms with Crippen LogP contribution in [0.2, 0.25) is 0 Å². The summed E-state index contributed by atoms with van der Waals surface area (Å²) in [4.78, 5) is 0. The maximum Gasteiger partial charge on any atom is 0.0619 e. The van der Waals surface area contributed by atoms with Crippen LogP contribution in [0, 0.1) is 0 Å². The minimum absolute atomic E-state index is 0.000938. The van der Waals surface area contributed by atoms with Crippen molar-refractivity contribution in [3.63, 3.8) is 0 Å². The summed E-state index contributed by atoms with van der Waals surface area (Å²) in [6, 6.07) is 76.2. The van der Waals surface area contributed by atoms with Crippen molar-refractivity contribution in [3.05, 3.63) is 212 Å². The van der Waals surface area contributed by atoms with Crippen molar-refractivity contribution in [3.8, 4) is 50.2 Å². The number of rotatable bonds is 5. The second-order valence-electron chi connectivity index (χ2n) is 16.9. The van der Waals surface area contributed by atoms with Gasteiger partial charge in [0.15, 0.2) is 0 Å². The molecule has 11 rings (SSSR count). The van der Waals surface area contributed by atoms with E-state index in [1.165, 1.54) is 104 Å². The third-order valence-electron chi connectivity index (χ3n) is 12.3. The van der Waals surface area contributed by atoms with Crippen LogP contribution in [-0.2, 0) is 5.41 Å². The van der Waals surface area contributed by atoms with E-state index in [0.29, 0.717) is 0 Å². The predicted octanol–water partition coefficient (Wildman–Crippen LogP) is 16.2. The van der Waals surface area contributed by atoms with Gasteiger partial charge in [0.1, 0.15) is 0 Å². The van der Waals surface area contributed by atoms with Crippen LogP contribution in [0.15, 0.2) is 206 Å². The molecule has 0 bridgehead atoms. The third kappa shape index (κ3) is 5.84. The topological polar surface area (TPSA) is 4.93 Å². The molecule has 1 aromatic heterocycles. The summed E-state index contributed by atoms with van der Waals surface area (Å²) in [6.07, 6.45) is 0. The van der Waals surface area contributed by atoms with E-state index in [-0.39, 0.29) is 5.41 Å². The summed E-state index contributed by atoms with van der Waals surface area (Å²) in [5, 5.41) is 10.3. The molecule has 10 aromatic carbocycles. The van der Waals surface area contributed by atoms with Gasteiger partial charge in [-0.2, -0.15) is 0 Å². The van der Waals surface area contributed by atoms with Gasteiger partial charge in [0.25, 0.3) is 0 Å². The first-order valence-electron chi connectivity index (χ1n) is 20.7. The largest absolute Gasteiger partial charge is 0.309 e. The molecule has 59 heavy (non-hydrogen) atoms. The summed E-state index contributed by atoms with van der Waals surface area (Å²) >= 11 is 0. The first-order valence-corrected chi connectivity index (χ1v) is 20.7. The Balaban J connectivity index is 1.03. The van der Waals surface area contributed by atoms with Crippen molar-refractivity contribution in [2.75, 3.05) is 0 Å². The van der Waals surface area contributed by atoms with E-state index in [1.807, 2.05) is 0 Å². The fraction of sp³-hybridized carbons (Fsp3) is 0.0690. The van der Waals surface area contributed by atoms with Gasteiger partial charge in [-0.25, -0.2) is 0 Å². The van der Waals surface area contributed by atoms with Crippen LogP contribution in [0.5, 0.6) is 0 Å². The fourth-order valence-electron chi connectivity index (χ4n) is 9.49. The third-order valence-corrected chi connectivity index (χ3v) is 12.3. The Kier molecular flexibility index (Phi) is 8.13. The normalized spacial score (nSPS) is 12.0. The zero-order valence-corrected chi connectivity index (χ0v) is 33.6. The number of fused-ring (bicyclic) bond motifs is 9. The maximum absolute atomic E-state index is 2.47. The van der Waals surface area contributed by atoms with E-state index in [0.717, 1.165) is 5.69 Å². The molecule has 0 unspecified atom stereocenters. The number of hydrogen-bond acceptors (Lipinski definition) is 0. The Labute approximate surface area is 345 Å². The number of nitrogens with zero attached hydrogens (tertiary/aromatic N) is 1. The van der Waals surface area contributed by atoms with Crippen LogP contribution >= 0.6 is 0 Å². The molecule has 1 heterocycles. The Morgan fingerprint density at radius 2 is 0.797 bits per heavy atom. The Morgan fingerprint density at radius 3 is 1.51 bits per heavy atom. The number of para-hydroxylation sites is 2. The van der Waals surface area contributed by atoms with Gasteiger partial charge in [0, 0.05) is 22.0 Å². The predicted molar refractivity (Wildman–Crippen MR) is 254 cm³/mol. The molecule has 0 amide bonds. The van der Waals surface area contributed by atoms with Gasteiger partial charge in [-0.15, -0.1) is 0 Å². The standard InChI is InChI=1S/C58H43N/c1-58(2,3)55-37-43(31-33-45(55)39-15-5-4-6-16-39)38-27-29-40(30-28-38)46-24-14-25-53-52-23-11-12-26-56(52)59(57(46)53)44-18-13-17-41(35-44)42-32-34-51-49-21-8-7-19-47(49)48-20-9-10-22-50(48)54(51)36-42/h4-37H,1-3H3. The Hall–Kier alpha value is -7.22. The molecular weight excluding hydrogens is 711 g/mol. The average molecular weight is 754 g/mol. The molecule has 1 nitrogen and oxygen atoms in total. The van der Waals surface area contributed by atoms with Gasteiger partial charge < -0.3 is 4.57 Å².